The number of hydrogen-bond donors (Lipinski definition) is 2. The molecule has 15 heavy (non-hydrogen) atoms. The maximum absolute atomic E-state index is 12.7. The van der Waals surface area contributed by atoms with Crippen molar-refractivity contribution in [3.63, 3.8) is 0 Å². The summed E-state index contributed by atoms with van der Waals surface area (Å²) in [6.45, 7) is 0.329. The first kappa shape index (κ1) is 11.7. The number of hydrogen-bond acceptors (Lipinski definition) is 2. The molecule has 1 aromatic carbocycles. The summed E-state index contributed by atoms with van der Waals surface area (Å²) < 4.78 is 12.7. The lowest BCUT2D eigenvalue weighted by Gasteiger charge is -2.04. The molecule has 4 heteroatoms. The molecule has 0 saturated carbocycles. The van der Waals surface area contributed by atoms with Crippen LogP contribution in [0.3, 0.4) is 0 Å². The van der Waals surface area contributed by atoms with Gasteiger partial charge in [0.2, 0.25) is 5.91 Å². The molecule has 0 spiro atoms. The second-order valence-corrected chi connectivity index (χ2v) is 3.23. The number of halogens is 1. The van der Waals surface area contributed by atoms with Crippen LogP contribution in [0.25, 0.3) is 0 Å². The first-order valence-electron chi connectivity index (χ1n) is 4.84. The molecule has 0 aliphatic carbocycles. The molecule has 0 fully saturated rings. The van der Waals surface area contributed by atoms with E-state index in [4.69, 9.17) is 5.11 Å². The van der Waals surface area contributed by atoms with E-state index in [1.807, 2.05) is 0 Å². The van der Waals surface area contributed by atoms with E-state index < -0.39 is 0 Å². The van der Waals surface area contributed by atoms with E-state index in [-0.39, 0.29) is 18.3 Å². The van der Waals surface area contributed by atoms with Crippen LogP contribution in [-0.2, 0) is 11.3 Å². The lowest BCUT2D eigenvalue weighted by molar-refractivity contribution is -0.121. The topological polar surface area (TPSA) is 49.3 Å². The molecule has 1 aromatic rings. The van der Waals surface area contributed by atoms with Gasteiger partial charge in [-0.2, -0.15) is 0 Å². The number of amides is 1. The van der Waals surface area contributed by atoms with Crippen LogP contribution in [0.1, 0.15) is 18.4 Å². The first-order valence-corrected chi connectivity index (χ1v) is 4.84. The van der Waals surface area contributed by atoms with Gasteiger partial charge in [0.25, 0.3) is 0 Å². The van der Waals surface area contributed by atoms with E-state index in [1.165, 1.54) is 12.1 Å². The second-order valence-electron chi connectivity index (χ2n) is 3.23. The summed E-state index contributed by atoms with van der Waals surface area (Å²) in [6.07, 6.45) is 0.751. The molecule has 1 rings (SSSR count). The average Bonchev–Trinajstić information content (AvgIpc) is 2.23. The highest BCUT2D eigenvalue weighted by Crippen LogP contribution is 2.02. The summed E-state index contributed by atoms with van der Waals surface area (Å²) in [5, 5.41) is 11.2. The number of benzene rings is 1. The zero-order chi connectivity index (χ0) is 11.1. The van der Waals surface area contributed by atoms with Gasteiger partial charge in [0, 0.05) is 19.6 Å². The summed E-state index contributed by atoms with van der Waals surface area (Å²) in [4.78, 5) is 11.1. The van der Waals surface area contributed by atoms with Gasteiger partial charge in [-0.15, -0.1) is 0 Å². The van der Waals surface area contributed by atoms with Crippen LogP contribution in [0, 0.1) is 5.82 Å². The Bertz CT molecular complexity index is 328. The molecule has 1 amide bonds. The molecule has 2 N–H and O–H groups in total. The van der Waals surface area contributed by atoms with E-state index in [0.29, 0.717) is 19.4 Å². The van der Waals surface area contributed by atoms with Crippen molar-refractivity contribution in [1.82, 2.24) is 5.32 Å². The molecule has 0 radical (unpaired) electrons. The quantitative estimate of drug-likeness (QED) is 0.769. The van der Waals surface area contributed by atoms with Gasteiger partial charge in [-0.05, 0) is 24.1 Å². The molecule has 0 aliphatic heterocycles. The molecule has 0 atom stereocenters. The fourth-order valence-corrected chi connectivity index (χ4v) is 1.18. The zero-order valence-corrected chi connectivity index (χ0v) is 8.37. The largest absolute Gasteiger partial charge is 0.396 e. The highest BCUT2D eigenvalue weighted by Gasteiger charge is 2.00. The van der Waals surface area contributed by atoms with Gasteiger partial charge >= 0.3 is 0 Å². The summed E-state index contributed by atoms with van der Waals surface area (Å²) in [5.41, 5.74) is 0.729. The number of carbonyl (C=O) groups excluding carboxylic acids is 1. The Morgan fingerprint density at radius 2 is 2.27 bits per heavy atom. The van der Waals surface area contributed by atoms with E-state index in [0.717, 1.165) is 5.56 Å². The molecule has 0 bridgehead atoms. The standard InChI is InChI=1S/C11H14FNO2/c12-10-4-1-3-9(7-10)8-13-11(15)5-2-6-14/h1,3-4,7,14H,2,5-6,8H2,(H,13,15). The third-order valence-electron chi connectivity index (χ3n) is 1.94. The Kier molecular flexibility index (Phi) is 4.77. The minimum Gasteiger partial charge on any atom is -0.396 e. The summed E-state index contributed by atoms with van der Waals surface area (Å²) >= 11 is 0. The lowest BCUT2D eigenvalue weighted by Crippen LogP contribution is -2.22. The van der Waals surface area contributed by atoms with Gasteiger partial charge in [0.15, 0.2) is 0 Å². The summed E-state index contributed by atoms with van der Waals surface area (Å²) in [6, 6.07) is 6.09. The van der Waals surface area contributed by atoms with Gasteiger partial charge in [0.1, 0.15) is 5.82 Å². The molecule has 0 unspecified atom stereocenters. The maximum Gasteiger partial charge on any atom is 0.220 e. The van der Waals surface area contributed by atoms with Crippen LogP contribution in [0.15, 0.2) is 24.3 Å². The molecule has 0 aliphatic rings. The van der Waals surface area contributed by atoms with Gasteiger partial charge in [-0.25, -0.2) is 4.39 Å². The van der Waals surface area contributed by atoms with Crippen LogP contribution in [0.5, 0.6) is 0 Å². The number of aliphatic hydroxyl groups is 1. The average molecular weight is 211 g/mol. The Morgan fingerprint density at radius 3 is 2.93 bits per heavy atom. The van der Waals surface area contributed by atoms with Crippen LogP contribution in [0.4, 0.5) is 4.39 Å². The molecular weight excluding hydrogens is 197 g/mol. The Balaban J connectivity index is 2.33. The molecule has 0 aromatic heterocycles. The van der Waals surface area contributed by atoms with Crippen molar-refractivity contribution in [3.05, 3.63) is 35.6 Å². The molecule has 82 valence electrons. The lowest BCUT2D eigenvalue weighted by atomic mass is 10.2. The SMILES string of the molecule is O=C(CCCO)NCc1cccc(F)c1. The first-order chi connectivity index (χ1) is 7.22. The number of aliphatic hydroxyl groups excluding tert-OH is 1. The minimum absolute atomic E-state index is 0.00733. The van der Waals surface area contributed by atoms with E-state index in [2.05, 4.69) is 5.32 Å². The Hall–Kier alpha value is -1.42. The van der Waals surface area contributed by atoms with Gasteiger partial charge < -0.3 is 10.4 Å². The van der Waals surface area contributed by atoms with Crippen LogP contribution in [-0.4, -0.2) is 17.6 Å². The minimum atomic E-state index is -0.308. The van der Waals surface area contributed by atoms with Crippen molar-refractivity contribution in [2.75, 3.05) is 6.61 Å². The van der Waals surface area contributed by atoms with E-state index in [9.17, 15) is 9.18 Å². The monoisotopic (exact) mass is 211 g/mol. The maximum atomic E-state index is 12.7. The van der Waals surface area contributed by atoms with E-state index in [1.54, 1.807) is 12.1 Å². The van der Waals surface area contributed by atoms with Crippen molar-refractivity contribution in [3.8, 4) is 0 Å². The highest BCUT2D eigenvalue weighted by atomic mass is 19.1. The molecule has 0 heterocycles. The number of rotatable bonds is 5. The summed E-state index contributed by atoms with van der Waals surface area (Å²) in [7, 11) is 0. The Labute approximate surface area is 87.9 Å². The molecule has 0 saturated heterocycles. The van der Waals surface area contributed by atoms with Crippen molar-refractivity contribution >= 4 is 5.91 Å². The normalized spacial score (nSPS) is 10.0. The number of nitrogens with one attached hydrogen (secondary N) is 1. The third-order valence-corrected chi connectivity index (χ3v) is 1.94. The number of carbonyl (C=O) groups is 1. The molecular formula is C11H14FNO2. The predicted molar refractivity (Wildman–Crippen MR) is 54.6 cm³/mol. The fraction of sp³-hybridized carbons (Fsp3) is 0.364. The van der Waals surface area contributed by atoms with Crippen LogP contribution in [0.2, 0.25) is 0 Å². The predicted octanol–water partition coefficient (Wildman–Crippen LogP) is 1.21. The third kappa shape index (κ3) is 4.56. The molecule has 3 nitrogen and oxygen atoms in total. The summed E-state index contributed by atoms with van der Waals surface area (Å²) in [5.74, 6) is -0.439. The van der Waals surface area contributed by atoms with Crippen molar-refractivity contribution in [2.45, 2.75) is 19.4 Å². The van der Waals surface area contributed by atoms with Gasteiger partial charge in [-0.3, -0.25) is 4.79 Å². The smallest absolute Gasteiger partial charge is 0.220 e. The zero-order valence-electron chi connectivity index (χ0n) is 8.37. The van der Waals surface area contributed by atoms with Crippen molar-refractivity contribution in [2.24, 2.45) is 0 Å². The Morgan fingerprint density at radius 1 is 1.47 bits per heavy atom. The van der Waals surface area contributed by atoms with Crippen LogP contribution < -0.4 is 5.32 Å². The van der Waals surface area contributed by atoms with Gasteiger partial charge in [0.05, 0.1) is 0 Å². The second kappa shape index (κ2) is 6.14. The highest BCUT2D eigenvalue weighted by molar-refractivity contribution is 5.75. The van der Waals surface area contributed by atoms with Gasteiger partial charge in [-0.1, -0.05) is 12.1 Å². The van der Waals surface area contributed by atoms with Crippen molar-refractivity contribution in [1.29, 1.82) is 0 Å². The van der Waals surface area contributed by atoms with Crippen LogP contribution >= 0.6 is 0 Å². The van der Waals surface area contributed by atoms with E-state index >= 15 is 0 Å². The van der Waals surface area contributed by atoms with Crippen molar-refractivity contribution < 1.29 is 14.3 Å². The fourth-order valence-electron chi connectivity index (χ4n) is 1.18.